The number of rotatable bonds is 6. The Morgan fingerprint density at radius 3 is 1.23 bits per heavy atom. The SMILES string of the molecule is CC(C)(C)c1cc(N(c2ccccc2)c2ccccc2)c2c(c1)c1cc3ccccc3c3c4c5c6cc7ccccc7c7c8cc(C(C)(C)C)cc(N(c9ccccc9)c9ccccc9)c8n(c5ncc4n2c13)c67. The van der Waals surface area contributed by atoms with Crippen LogP contribution in [0.4, 0.5) is 34.1 Å². The van der Waals surface area contributed by atoms with E-state index in [-0.39, 0.29) is 10.8 Å². The Morgan fingerprint density at radius 1 is 0.338 bits per heavy atom. The maximum Gasteiger partial charge on any atom is 0.146 e. The lowest BCUT2D eigenvalue weighted by atomic mass is 9.85. The molecule has 0 N–H and O–H groups in total. The van der Waals surface area contributed by atoms with E-state index in [0.29, 0.717) is 0 Å². The Hall–Kier alpha value is -8.93. The summed E-state index contributed by atoms with van der Waals surface area (Å²) >= 11 is 0. The van der Waals surface area contributed by atoms with Crippen molar-refractivity contribution in [3.8, 4) is 0 Å². The Labute approximate surface area is 429 Å². The van der Waals surface area contributed by atoms with Crippen molar-refractivity contribution in [3.05, 3.63) is 224 Å². The summed E-state index contributed by atoms with van der Waals surface area (Å²) in [5.74, 6) is 0. The first-order valence-corrected chi connectivity index (χ1v) is 26.0. The topological polar surface area (TPSA) is 28.2 Å². The highest BCUT2D eigenvalue weighted by Crippen LogP contribution is 2.54. The number of fused-ring (bicyclic) bond motifs is 17. The van der Waals surface area contributed by atoms with E-state index in [2.05, 4.69) is 273 Å². The summed E-state index contributed by atoms with van der Waals surface area (Å²) in [6.45, 7) is 14.0. The molecule has 0 fully saturated rings. The first-order chi connectivity index (χ1) is 36.0. The van der Waals surface area contributed by atoms with Crippen LogP contribution in [0.3, 0.4) is 0 Å². The average molecular weight is 952 g/mol. The van der Waals surface area contributed by atoms with Gasteiger partial charge < -0.3 is 14.2 Å². The maximum atomic E-state index is 5.79. The van der Waals surface area contributed by atoms with Crippen LogP contribution in [0.2, 0.25) is 0 Å². The van der Waals surface area contributed by atoms with Crippen molar-refractivity contribution in [1.29, 1.82) is 0 Å². The molecule has 0 bridgehead atoms. The van der Waals surface area contributed by atoms with Crippen molar-refractivity contribution in [2.24, 2.45) is 0 Å². The van der Waals surface area contributed by atoms with Gasteiger partial charge in [0, 0.05) is 65.8 Å². The zero-order valence-corrected chi connectivity index (χ0v) is 42.4. The molecule has 10 aromatic carbocycles. The molecule has 0 aliphatic rings. The molecule has 0 radical (unpaired) electrons. The Kier molecular flexibility index (Phi) is 8.83. The molecule has 0 saturated carbocycles. The second-order valence-electron chi connectivity index (χ2n) is 22.4. The summed E-state index contributed by atoms with van der Waals surface area (Å²) in [5.41, 5.74) is 15.8. The van der Waals surface area contributed by atoms with Crippen molar-refractivity contribution in [2.45, 2.75) is 52.4 Å². The molecule has 0 aliphatic carbocycles. The van der Waals surface area contributed by atoms with Crippen LogP contribution < -0.4 is 9.80 Å². The van der Waals surface area contributed by atoms with Gasteiger partial charge in [-0.15, -0.1) is 0 Å². The molecule has 5 heteroatoms. The van der Waals surface area contributed by atoms with E-state index >= 15 is 0 Å². The summed E-state index contributed by atoms with van der Waals surface area (Å²) in [5, 5.41) is 14.8. The molecule has 5 aromatic heterocycles. The van der Waals surface area contributed by atoms with Crippen LogP contribution in [-0.2, 0) is 10.8 Å². The lowest BCUT2D eigenvalue weighted by Gasteiger charge is -2.29. The zero-order chi connectivity index (χ0) is 49.8. The Balaban J connectivity index is 1.18. The molecule has 0 amide bonds. The average Bonchev–Trinajstić information content (AvgIpc) is 4.15. The van der Waals surface area contributed by atoms with Gasteiger partial charge in [-0.1, -0.05) is 163 Å². The molecule has 0 spiro atoms. The summed E-state index contributed by atoms with van der Waals surface area (Å²) < 4.78 is 5.11. The van der Waals surface area contributed by atoms with Crippen molar-refractivity contribution in [3.63, 3.8) is 0 Å². The molecular weight excluding hydrogens is 899 g/mol. The number of nitrogens with zero attached hydrogens (tertiary/aromatic N) is 5. The summed E-state index contributed by atoms with van der Waals surface area (Å²) in [6.07, 6.45) is 2.19. The lowest BCUT2D eigenvalue weighted by molar-refractivity contribution is 0.591. The predicted octanol–water partition coefficient (Wildman–Crippen LogP) is 19.2. The molecular formula is C69H53N5. The largest absolute Gasteiger partial charge is 0.308 e. The highest BCUT2D eigenvalue weighted by molar-refractivity contribution is 6.41. The van der Waals surface area contributed by atoms with Crippen LogP contribution in [0, 0.1) is 0 Å². The minimum absolute atomic E-state index is 0.124. The molecule has 0 unspecified atom stereocenters. The van der Waals surface area contributed by atoms with Crippen LogP contribution in [0.15, 0.2) is 212 Å². The number of hydrogen-bond acceptors (Lipinski definition) is 3. The first-order valence-electron chi connectivity index (χ1n) is 26.0. The van der Waals surface area contributed by atoms with Gasteiger partial charge in [0.2, 0.25) is 0 Å². The fourth-order valence-electron chi connectivity index (χ4n) is 12.5. The van der Waals surface area contributed by atoms with Crippen LogP contribution >= 0.6 is 0 Å². The van der Waals surface area contributed by atoms with E-state index in [1.165, 1.54) is 92.3 Å². The quantitative estimate of drug-likeness (QED) is 0.166. The van der Waals surface area contributed by atoms with Crippen molar-refractivity contribution >= 4 is 132 Å². The molecule has 0 atom stereocenters. The first kappa shape index (κ1) is 42.7. The molecule has 354 valence electrons. The second-order valence-corrected chi connectivity index (χ2v) is 22.4. The van der Waals surface area contributed by atoms with E-state index in [1.807, 2.05) is 0 Å². The monoisotopic (exact) mass is 951 g/mol. The summed E-state index contributed by atoms with van der Waals surface area (Å²) in [7, 11) is 0. The minimum Gasteiger partial charge on any atom is -0.308 e. The second kappa shape index (κ2) is 15.3. The smallest absolute Gasteiger partial charge is 0.146 e. The van der Waals surface area contributed by atoms with E-state index < -0.39 is 0 Å². The predicted molar refractivity (Wildman–Crippen MR) is 315 cm³/mol. The number of hydrogen-bond donors (Lipinski definition) is 0. The number of aromatic nitrogens is 3. The lowest BCUT2D eigenvalue weighted by Crippen LogP contribution is -2.15. The fourth-order valence-corrected chi connectivity index (χ4v) is 12.5. The number of pyridine rings is 1. The van der Waals surface area contributed by atoms with Crippen LogP contribution in [0.25, 0.3) is 97.9 Å². The molecule has 5 heterocycles. The highest BCUT2D eigenvalue weighted by Gasteiger charge is 2.33. The van der Waals surface area contributed by atoms with Gasteiger partial charge in [-0.3, -0.25) is 4.40 Å². The van der Waals surface area contributed by atoms with E-state index in [4.69, 9.17) is 4.98 Å². The third-order valence-electron chi connectivity index (χ3n) is 16.0. The molecule has 74 heavy (non-hydrogen) atoms. The Morgan fingerprint density at radius 2 is 0.730 bits per heavy atom. The van der Waals surface area contributed by atoms with Gasteiger partial charge in [0.25, 0.3) is 0 Å². The zero-order valence-electron chi connectivity index (χ0n) is 42.4. The molecule has 0 aliphatic heterocycles. The maximum absolute atomic E-state index is 5.79. The normalized spacial score (nSPS) is 12.7. The molecule has 0 saturated heterocycles. The van der Waals surface area contributed by atoms with Gasteiger partial charge in [0.1, 0.15) is 5.65 Å². The molecule has 5 nitrogen and oxygen atoms in total. The van der Waals surface area contributed by atoms with Crippen molar-refractivity contribution in [1.82, 2.24) is 13.8 Å². The third-order valence-corrected chi connectivity index (χ3v) is 16.0. The van der Waals surface area contributed by atoms with Gasteiger partial charge in [-0.2, -0.15) is 0 Å². The number of benzene rings is 10. The van der Waals surface area contributed by atoms with Gasteiger partial charge in [0.05, 0.1) is 45.2 Å². The van der Waals surface area contributed by atoms with Crippen LogP contribution in [0.5, 0.6) is 0 Å². The van der Waals surface area contributed by atoms with E-state index in [0.717, 1.165) is 50.8 Å². The van der Waals surface area contributed by atoms with Gasteiger partial charge in [-0.25, -0.2) is 4.98 Å². The Bertz CT molecular complexity index is 4630. The van der Waals surface area contributed by atoms with Gasteiger partial charge in [0.15, 0.2) is 0 Å². The summed E-state index contributed by atoms with van der Waals surface area (Å²) in [4.78, 5) is 10.7. The fraction of sp³-hybridized carbons (Fsp3) is 0.116. The highest BCUT2D eigenvalue weighted by atomic mass is 15.2. The van der Waals surface area contributed by atoms with E-state index in [1.54, 1.807) is 0 Å². The number of para-hydroxylation sites is 4. The standard InChI is InChI=1S/C69H53N5/c1-68(2,3)44-37-53-52-35-42-23-20-22-34-51(42)60-62-58(73(65(52)60)63(53)56(39-44)71(46-25-11-7-12-26-46)47-27-13-8-14-28-47)41-70-67-61(62)54-36-43-24-19-21-33-50(43)59-55-38-45(69(4,5)6)40-57(64(55)74(67)66(54)59)72(48-29-15-9-16-30-48)49-31-17-10-18-32-49/h7-41H,1-6H3. The van der Waals surface area contributed by atoms with Crippen LogP contribution in [-0.4, -0.2) is 13.8 Å². The third kappa shape index (κ3) is 5.95. The molecule has 15 aromatic rings. The van der Waals surface area contributed by atoms with Gasteiger partial charge in [-0.05, 0) is 128 Å². The van der Waals surface area contributed by atoms with Gasteiger partial charge >= 0.3 is 0 Å². The molecule has 15 rings (SSSR count). The van der Waals surface area contributed by atoms with E-state index in [9.17, 15) is 0 Å². The van der Waals surface area contributed by atoms with Crippen molar-refractivity contribution in [2.75, 3.05) is 9.80 Å². The number of anilines is 6. The van der Waals surface area contributed by atoms with Crippen LogP contribution in [0.1, 0.15) is 52.7 Å². The van der Waals surface area contributed by atoms with Crippen molar-refractivity contribution < 1.29 is 0 Å². The minimum atomic E-state index is -0.135. The summed E-state index contributed by atoms with van der Waals surface area (Å²) in [6, 6.07) is 76.2.